The zero-order chi connectivity index (χ0) is 10.1. The van der Waals surface area contributed by atoms with Crippen molar-refractivity contribution >= 4 is 28.4 Å². The van der Waals surface area contributed by atoms with Gasteiger partial charge in [0.2, 0.25) is 0 Å². The van der Waals surface area contributed by atoms with Crippen LogP contribution in [-0.2, 0) is 6.42 Å². The van der Waals surface area contributed by atoms with Gasteiger partial charge in [0.05, 0.1) is 11.1 Å². The third kappa shape index (κ3) is 1.37. The van der Waals surface area contributed by atoms with Crippen molar-refractivity contribution in [3.8, 4) is 0 Å². The number of aryl methyl sites for hydroxylation is 1. The lowest BCUT2D eigenvalue weighted by Crippen LogP contribution is -1.95. The summed E-state index contributed by atoms with van der Waals surface area (Å²) in [5, 5.41) is 9.80. The summed E-state index contributed by atoms with van der Waals surface area (Å²) in [5.41, 5.74) is 1.21. The van der Waals surface area contributed by atoms with Gasteiger partial charge in [0.25, 0.3) is 0 Å². The van der Waals surface area contributed by atoms with Gasteiger partial charge in [0.15, 0.2) is 0 Å². The maximum atomic E-state index is 10.7. The molecule has 0 aliphatic carbocycles. The molecule has 3 nitrogen and oxygen atoms in total. The molecule has 0 bridgehead atoms. The largest absolute Gasteiger partial charge is 0.478 e. The van der Waals surface area contributed by atoms with Gasteiger partial charge in [0.1, 0.15) is 0 Å². The van der Waals surface area contributed by atoms with Crippen LogP contribution in [0.4, 0.5) is 0 Å². The van der Waals surface area contributed by atoms with Crippen molar-refractivity contribution in [2.24, 2.45) is 0 Å². The molecule has 0 spiro atoms. The predicted molar refractivity (Wildman–Crippen MR) is 56.0 cm³/mol. The number of hydrogen-bond acceptors (Lipinski definition) is 3. The Bertz CT molecular complexity index is 490. The first-order chi connectivity index (χ1) is 6.72. The number of carboxylic acid groups (broad SMARTS) is 1. The van der Waals surface area contributed by atoms with Gasteiger partial charge in [-0.1, -0.05) is 6.92 Å². The molecular weight excluding hydrogens is 198 g/mol. The van der Waals surface area contributed by atoms with Crippen LogP contribution in [-0.4, -0.2) is 15.4 Å². The van der Waals surface area contributed by atoms with Gasteiger partial charge in [-0.05, 0) is 36.2 Å². The first-order valence-electron chi connectivity index (χ1n) is 4.34. The molecule has 0 fully saturated rings. The van der Waals surface area contributed by atoms with E-state index in [0.29, 0.717) is 5.56 Å². The normalized spacial score (nSPS) is 10.6. The summed E-state index contributed by atoms with van der Waals surface area (Å²) in [4.78, 5) is 11.9. The lowest BCUT2D eigenvalue weighted by molar-refractivity contribution is 0.0697. The second-order valence-electron chi connectivity index (χ2n) is 3.00. The highest BCUT2D eigenvalue weighted by Gasteiger charge is 2.08. The van der Waals surface area contributed by atoms with Gasteiger partial charge < -0.3 is 5.11 Å². The molecule has 14 heavy (non-hydrogen) atoms. The van der Waals surface area contributed by atoms with Crippen LogP contribution in [0.1, 0.15) is 22.2 Å². The molecule has 2 aromatic rings. The Balaban J connectivity index is 2.67. The molecule has 1 aromatic heterocycles. The van der Waals surface area contributed by atoms with Gasteiger partial charge in [-0.3, -0.25) is 0 Å². The van der Waals surface area contributed by atoms with E-state index in [1.165, 1.54) is 11.5 Å². The minimum Gasteiger partial charge on any atom is -0.478 e. The van der Waals surface area contributed by atoms with Crippen LogP contribution in [0, 0.1) is 0 Å². The first kappa shape index (κ1) is 9.15. The Morgan fingerprint density at radius 3 is 3.00 bits per heavy atom. The van der Waals surface area contributed by atoms with Crippen LogP contribution in [0.5, 0.6) is 0 Å². The third-order valence-corrected chi connectivity index (χ3v) is 3.14. The van der Waals surface area contributed by atoms with Gasteiger partial charge >= 0.3 is 5.97 Å². The number of benzene rings is 1. The molecule has 2 rings (SSSR count). The van der Waals surface area contributed by atoms with Crippen molar-refractivity contribution in [1.29, 1.82) is 0 Å². The summed E-state index contributed by atoms with van der Waals surface area (Å²) in [6.07, 6.45) is 0.893. The van der Waals surface area contributed by atoms with E-state index >= 15 is 0 Å². The van der Waals surface area contributed by atoms with E-state index < -0.39 is 5.97 Å². The molecule has 0 amide bonds. The molecule has 1 heterocycles. The van der Waals surface area contributed by atoms with Crippen LogP contribution in [0.3, 0.4) is 0 Å². The van der Waals surface area contributed by atoms with E-state index in [1.54, 1.807) is 18.2 Å². The van der Waals surface area contributed by atoms with E-state index in [1.807, 2.05) is 6.92 Å². The monoisotopic (exact) mass is 207 g/mol. The summed E-state index contributed by atoms with van der Waals surface area (Å²) in [6, 6.07) is 5.04. The van der Waals surface area contributed by atoms with Crippen molar-refractivity contribution in [3.63, 3.8) is 0 Å². The molecule has 4 heteroatoms. The summed E-state index contributed by atoms with van der Waals surface area (Å²) < 4.78 is 4.24. The number of aromatic carboxylic acids is 1. The van der Waals surface area contributed by atoms with Gasteiger partial charge in [-0.2, -0.15) is 4.37 Å². The van der Waals surface area contributed by atoms with Crippen molar-refractivity contribution in [3.05, 3.63) is 28.6 Å². The highest BCUT2D eigenvalue weighted by molar-refractivity contribution is 7.07. The molecule has 0 aliphatic heterocycles. The number of carboxylic acids is 1. The van der Waals surface area contributed by atoms with E-state index in [0.717, 1.165) is 22.2 Å². The van der Waals surface area contributed by atoms with Crippen molar-refractivity contribution in [2.45, 2.75) is 13.3 Å². The van der Waals surface area contributed by atoms with Crippen LogP contribution >= 0.6 is 11.5 Å². The van der Waals surface area contributed by atoms with Gasteiger partial charge in [-0.15, -0.1) is 0 Å². The minimum atomic E-state index is -0.889. The Hall–Kier alpha value is -1.42. The maximum Gasteiger partial charge on any atom is 0.335 e. The molecule has 1 N–H and O–H groups in total. The summed E-state index contributed by atoms with van der Waals surface area (Å²) >= 11 is 1.44. The zero-order valence-corrected chi connectivity index (χ0v) is 8.47. The molecule has 0 aliphatic rings. The zero-order valence-electron chi connectivity index (χ0n) is 7.65. The molecule has 1 aromatic carbocycles. The SMILES string of the molecule is CCc1snc2ccc(C(=O)O)cc12. The quantitative estimate of drug-likeness (QED) is 0.823. The third-order valence-electron chi connectivity index (χ3n) is 2.12. The van der Waals surface area contributed by atoms with Gasteiger partial charge in [-0.25, -0.2) is 4.79 Å². The molecule has 0 saturated heterocycles. The van der Waals surface area contributed by atoms with Crippen LogP contribution in [0.2, 0.25) is 0 Å². The molecule has 0 saturated carbocycles. The summed E-state index contributed by atoms with van der Waals surface area (Å²) in [7, 11) is 0. The molecule has 0 unspecified atom stereocenters. The number of nitrogens with zero attached hydrogens (tertiary/aromatic N) is 1. The van der Waals surface area contributed by atoms with Crippen LogP contribution in [0.15, 0.2) is 18.2 Å². The topological polar surface area (TPSA) is 50.2 Å². The molecule has 72 valence electrons. The molecule has 0 atom stereocenters. The minimum absolute atomic E-state index is 0.326. The second kappa shape index (κ2) is 3.38. The lowest BCUT2D eigenvalue weighted by Gasteiger charge is -1.95. The predicted octanol–water partition coefficient (Wildman–Crippen LogP) is 2.56. The Labute approximate surface area is 85.2 Å². The summed E-state index contributed by atoms with van der Waals surface area (Å²) in [6.45, 7) is 2.04. The number of aromatic nitrogens is 1. The average Bonchev–Trinajstić information content (AvgIpc) is 2.59. The lowest BCUT2D eigenvalue weighted by atomic mass is 10.1. The fraction of sp³-hybridized carbons (Fsp3) is 0.200. The standard InChI is InChI=1S/C10H9NO2S/c1-2-9-7-5-6(10(12)13)3-4-8(7)11-14-9/h3-5H,2H2,1H3,(H,12,13). The van der Waals surface area contributed by atoms with Crippen molar-refractivity contribution in [2.75, 3.05) is 0 Å². The summed E-state index contributed by atoms with van der Waals surface area (Å²) in [5.74, 6) is -0.889. The van der Waals surface area contributed by atoms with E-state index in [9.17, 15) is 4.79 Å². The van der Waals surface area contributed by atoms with Gasteiger partial charge in [0, 0.05) is 10.3 Å². The Kier molecular flexibility index (Phi) is 2.21. The van der Waals surface area contributed by atoms with E-state index in [4.69, 9.17) is 5.11 Å². The van der Waals surface area contributed by atoms with E-state index in [2.05, 4.69) is 4.37 Å². The van der Waals surface area contributed by atoms with Crippen LogP contribution in [0.25, 0.3) is 10.9 Å². The highest BCUT2D eigenvalue weighted by atomic mass is 32.1. The number of carbonyl (C=O) groups is 1. The number of hydrogen-bond donors (Lipinski definition) is 1. The van der Waals surface area contributed by atoms with E-state index in [-0.39, 0.29) is 0 Å². The average molecular weight is 207 g/mol. The van der Waals surface area contributed by atoms with Crippen molar-refractivity contribution in [1.82, 2.24) is 4.37 Å². The first-order valence-corrected chi connectivity index (χ1v) is 5.11. The molecule has 0 radical (unpaired) electrons. The maximum absolute atomic E-state index is 10.7. The number of rotatable bonds is 2. The number of fused-ring (bicyclic) bond motifs is 1. The van der Waals surface area contributed by atoms with Crippen molar-refractivity contribution < 1.29 is 9.90 Å². The fourth-order valence-electron chi connectivity index (χ4n) is 1.38. The Morgan fingerprint density at radius 2 is 2.36 bits per heavy atom. The Morgan fingerprint density at radius 1 is 1.57 bits per heavy atom. The smallest absolute Gasteiger partial charge is 0.335 e. The highest BCUT2D eigenvalue weighted by Crippen LogP contribution is 2.23. The molecular formula is C10H9NO2S. The van der Waals surface area contributed by atoms with Crippen LogP contribution < -0.4 is 0 Å². The fourth-order valence-corrected chi connectivity index (χ4v) is 2.14. The second-order valence-corrected chi connectivity index (χ2v) is 3.85.